The molecule has 26 heavy (non-hydrogen) atoms. The third-order valence-electron chi connectivity index (χ3n) is 5.23. The second-order valence-electron chi connectivity index (χ2n) is 7.27. The quantitative estimate of drug-likeness (QED) is 0.691. The lowest BCUT2D eigenvalue weighted by Crippen LogP contribution is -2.46. The molecule has 3 rings (SSSR count). The highest BCUT2D eigenvalue weighted by atomic mass is 32.2. The van der Waals surface area contributed by atoms with Crippen molar-refractivity contribution in [1.29, 1.82) is 0 Å². The number of carbonyl (C=O) groups is 1. The van der Waals surface area contributed by atoms with E-state index in [4.69, 9.17) is 4.74 Å². The smallest absolute Gasteiger partial charge is 0.233 e. The van der Waals surface area contributed by atoms with Gasteiger partial charge in [-0.3, -0.25) is 4.79 Å². The standard InChI is InChI=1S/C19H27NO4S2/c1-14-5-6-18(10-15(14)2)25-12-19(21)20(11-17-4-3-8-24-17)16-7-9-26(22,23)13-16/h5-6,10,16-17H,3-4,7-9,11-13H2,1-2H3/t16-,17-/m0/s1. The van der Waals surface area contributed by atoms with Gasteiger partial charge in [0.15, 0.2) is 9.84 Å². The monoisotopic (exact) mass is 397 g/mol. The van der Waals surface area contributed by atoms with E-state index in [1.54, 1.807) is 4.90 Å². The van der Waals surface area contributed by atoms with E-state index in [0.29, 0.717) is 18.7 Å². The highest BCUT2D eigenvalue weighted by Crippen LogP contribution is 2.25. The molecule has 2 fully saturated rings. The van der Waals surface area contributed by atoms with Gasteiger partial charge in [-0.05, 0) is 56.4 Å². The number of hydrogen-bond donors (Lipinski definition) is 0. The number of amides is 1. The van der Waals surface area contributed by atoms with Crippen molar-refractivity contribution in [3.8, 4) is 0 Å². The summed E-state index contributed by atoms with van der Waals surface area (Å²) >= 11 is 1.51. The number of benzene rings is 1. The number of hydrogen-bond acceptors (Lipinski definition) is 5. The van der Waals surface area contributed by atoms with E-state index in [1.807, 2.05) is 6.07 Å². The average molecular weight is 398 g/mol. The molecule has 7 heteroatoms. The minimum atomic E-state index is -3.03. The van der Waals surface area contributed by atoms with Gasteiger partial charge in [-0.2, -0.15) is 0 Å². The van der Waals surface area contributed by atoms with Crippen LogP contribution < -0.4 is 0 Å². The average Bonchev–Trinajstić information content (AvgIpc) is 3.22. The molecule has 5 nitrogen and oxygen atoms in total. The number of rotatable bonds is 6. The van der Waals surface area contributed by atoms with Gasteiger partial charge in [0, 0.05) is 24.1 Å². The van der Waals surface area contributed by atoms with Gasteiger partial charge in [0.2, 0.25) is 5.91 Å². The van der Waals surface area contributed by atoms with Crippen molar-refractivity contribution in [3.63, 3.8) is 0 Å². The van der Waals surface area contributed by atoms with Crippen LogP contribution in [0.15, 0.2) is 23.1 Å². The Kier molecular flexibility index (Phi) is 6.30. The lowest BCUT2D eigenvalue weighted by molar-refractivity contribution is -0.131. The van der Waals surface area contributed by atoms with Crippen molar-refractivity contribution in [2.24, 2.45) is 0 Å². The number of sulfone groups is 1. The first-order valence-electron chi connectivity index (χ1n) is 9.15. The summed E-state index contributed by atoms with van der Waals surface area (Å²) in [7, 11) is -3.03. The molecule has 0 saturated carbocycles. The zero-order valence-electron chi connectivity index (χ0n) is 15.4. The van der Waals surface area contributed by atoms with Crippen LogP contribution in [-0.4, -0.2) is 61.8 Å². The highest BCUT2D eigenvalue weighted by Gasteiger charge is 2.36. The Balaban J connectivity index is 1.66. The summed E-state index contributed by atoms with van der Waals surface area (Å²) in [6, 6.07) is 5.98. The summed E-state index contributed by atoms with van der Waals surface area (Å²) in [6.07, 6.45) is 2.52. The largest absolute Gasteiger partial charge is 0.376 e. The van der Waals surface area contributed by atoms with Crippen LogP contribution in [0.4, 0.5) is 0 Å². The van der Waals surface area contributed by atoms with Crippen LogP contribution >= 0.6 is 11.8 Å². The predicted octanol–water partition coefficient (Wildman–Crippen LogP) is 2.59. The number of aryl methyl sites for hydroxylation is 2. The second kappa shape index (κ2) is 8.31. The third kappa shape index (κ3) is 5.02. The lowest BCUT2D eigenvalue weighted by atomic mass is 10.1. The van der Waals surface area contributed by atoms with Gasteiger partial charge in [-0.1, -0.05) is 6.07 Å². The summed E-state index contributed by atoms with van der Waals surface area (Å²) in [5, 5.41) is 0. The lowest BCUT2D eigenvalue weighted by Gasteiger charge is -2.30. The molecule has 144 valence electrons. The SMILES string of the molecule is Cc1ccc(SCC(=O)N(C[C@@H]2CCCO2)[C@H]2CCS(=O)(=O)C2)cc1C. The Morgan fingerprint density at radius 2 is 2.08 bits per heavy atom. The Morgan fingerprint density at radius 3 is 2.69 bits per heavy atom. The molecule has 0 radical (unpaired) electrons. The molecule has 0 spiro atoms. The molecule has 2 aliphatic heterocycles. The summed E-state index contributed by atoms with van der Waals surface area (Å²) < 4.78 is 29.4. The first kappa shape index (κ1) is 19.7. The van der Waals surface area contributed by atoms with Crippen LogP contribution in [0.3, 0.4) is 0 Å². The summed E-state index contributed by atoms with van der Waals surface area (Å²) in [6.45, 7) is 5.37. The van der Waals surface area contributed by atoms with E-state index in [-0.39, 0.29) is 29.6 Å². The van der Waals surface area contributed by atoms with Crippen molar-refractivity contribution in [3.05, 3.63) is 29.3 Å². The van der Waals surface area contributed by atoms with Crippen molar-refractivity contribution < 1.29 is 17.9 Å². The molecule has 2 atom stereocenters. The molecule has 2 saturated heterocycles. The maximum atomic E-state index is 12.9. The first-order valence-corrected chi connectivity index (χ1v) is 12.0. The Labute approximate surface area is 160 Å². The van der Waals surface area contributed by atoms with Gasteiger partial charge in [-0.15, -0.1) is 11.8 Å². The zero-order valence-corrected chi connectivity index (χ0v) is 17.1. The number of nitrogens with zero attached hydrogens (tertiary/aromatic N) is 1. The van der Waals surface area contributed by atoms with Crippen LogP contribution in [0.5, 0.6) is 0 Å². The normalized spacial score (nSPS) is 24.7. The van der Waals surface area contributed by atoms with Crippen molar-refractivity contribution >= 4 is 27.5 Å². The maximum Gasteiger partial charge on any atom is 0.233 e. The Bertz CT molecular complexity index is 757. The molecule has 0 N–H and O–H groups in total. The topological polar surface area (TPSA) is 63.7 Å². The van der Waals surface area contributed by atoms with E-state index in [9.17, 15) is 13.2 Å². The summed E-state index contributed by atoms with van der Waals surface area (Å²) in [4.78, 5) is 15.7. The van der Waals surface area contributed by atoms with Crippen LogP contribution in [0.1, 0.15) is 30.4 Å². The molecular weight excluding hydrogens is 370 g/mol. The molecule has 0 aliphatic carbocycles. The van der Waals surface area contributed by atoms with Gasteiger partial charge in [0.05, 0.1) is 23.4 Å². The van der Waals surface area contributed by atoms with E-state index in [0.717, 1.165) is 24.3 Å². The van der Waals surface area contributed by atoms with Gasteiger partial charge >= 0.3 is 0 Å². The first-order chi connectivity index (χ1) is 12.3. The van der Waals surface area contributed by atoms with E-state index in [2.05, 4.69) is 26.0 Å². The van der Waals surface area contributed by atoms with Crippen LogP contribution in [0.25, 0.3) is 0 Å². The number of carbonyl (C=O) groups excluding carboxylic acids is 1. The second-order valence-corrected chi connectivity index (χ2v) is 10.6. The molecule has 0 unspecified atom stereocenters. The van der Waals surface area contributed by atoms with Crippen molar-refractivity contribution in [2.45, 2.75) is 50.2 Å². The van der Waals surface area contributed by atoms with Crippen molar-refractivity contribution in [1.82, 2.24) is 4.90 Å². The Hall–Kier alpha value is -1.05. The molecular formula is C19H27NO4S2. The van der Waals surface area contributed by atoms with Gasteiger partial charge in [-0.25, -0.2) is 8.42 Å². The van der Waals surface area contributed by atoms with Crippen molar-refractivity contribution in [2.75, 3.05) is 30.4 Å². The van der Waals surface area contributed by atoms with E-state index >= 15 is 0 Å². The van der Waals surface area contributed by atoms with E-state index < -0.39 is 9.84 Å². The fraction of sp³-hybridized carbons (Fsp3) is 0.632. The minimum absolute atomic E-state index is 0.00540. The van der Waals surface area contributed by atoms with Gasteiger partial charge in [0.25, 0.3) is 0 Å². The maximum absolute atomic E-state index is 12.9. The number of ether oxygens (including phenoxy) is 1. The molecule has 1 amide bonds. The molecule has 2 aliphatic rings. The van der Waals surface area contributed by atoms with Crippen LogP contribution in [0, 0.1) is 13.8 Å². The predicted molar refractivity (Wildman–Crippen MR) is 104 cm³/mol. The molecule has 1 aromatic rings. The minimum Gasteiger partial charge on any atom is -0.376 e. The highest BCUT2D eigenvalue weighted by molar-refractivity contribution is 8.00. The molecule has 0 bridgehead atoms. The zero-order chi connectivity index (χ0) is 18.7. The fourth-order valence-corrected chi connectivity index (χ4v) is 6.13. The molecule has 2 heterocycles. The third-order valence-corrected chi connectivity index (χ3v) is 7.96. The molecule has 1 aromatic carbocycles. The van der Waals surface area contributed by atoms with E-state index in [1.165, 1.54) is 22.9 Å². The van der Waals surface area contributed by atoms with Crippen LogP contribution in [0.2, 0.25) is 0 Å². The van der Waals surface area contributed by atoms with Gasteiger partial charge < -0.3 is 9.64 Å². The number of thioether (sulfide) groups is 1. The van der Waals surface area contributed by atoms with Crippen LogP contribution in [-0.2, 0) is 19.4 Å². The Morgan fingerprint density at radius 1 is 1.27 bits per heavy atom. The summed E-state index contributed by atoms with van der Waals surface area (Å²) in [5.41, 5.74) is 2.44. The summed E-state index contributed by atoms with van der Waals surface area (Å²) in [5.74, 6) is 0.592. The molecule has 0 aromatic heterocycles. The fourth-order valence-electron chi connectivity index (χ4n) is 3.52. The van der Waals surface area contributed by atoms with Gasteiger partial charge in [0.1, 0.15) is 0 Å².